The van der Waals surface area contributed by atoms with Gasteiger partial charge in [0.2, 0.25) is 0 Å². The van der Waals surface area contributed by atoms with Gasteiger partial charge >= 0.3 is 0 Å². The van der Waals surface area contributed by atoms with Crippen molar-refractivity contribution in [2.24, 2.45) is 0 Å². The molecule has 0 radical (unpaired) electrons. The fourth-order valence-electron chi connectivity index (χ4n) is 1.46. The lowest BCUT2D eigenvalue weighted by atomic mass is 10.2. The third-order valence-corrected chi connectivity index (χ3v) is 2.98. The van der Waals surface area contributed by atoms with Gasteiger partial charge < -0.3 is 4.74 Å². The van der Waals surface area contributed by atoms with E-state index in [4.69, 9.17) is 4.74 Å². The fraction of sp³-hybridized carbons (Fsp3) is 0.250. The molecular formula is C16H17BrF2O. The Labute approximate surface area is 126 Å². The molecule has 0 bridgehead atoms. The molecule has 4 heteroatoms. The summed E-state index contributed by atoms with van der Waals surface area (Å²) in [5.41, 5.74) is 1.03. The zero-order valence-corrected chi connectivity index (χ0v) is 13.0. The average molecular weight is 343 g/mol. The van der Waals surface area contributed by atoms with Crippen molar-refractivity contribution in [1.82, 2.24) is 0 Å². The van der Waals surface area contributed by atoms with E-state index < -0.39 is 6.43 Å². The molecule has 2 aromatic carbocycles. The van der Waals surface area contributed by atoms with Gasteiger partial charge in [-0.1, -0.05) is 41.9 Å². The van der Waals surface area contributed by atoms with Crippen molar-refractivity contribution in [3.63, 3.8) is 0 Å². The summed E-state index contributed by atoms with van der Waals surface area (Å²) in [5.74, 6) is 0.585. The predicted octanol–water partition coefficient (Wildman–Crippen LogP) is 5.99. The van der Waals surface area contributed by atoms with Crippen LogP contribution in [0, 0.1) is 0 Å². The summed E-state index contributed by atoms with van der Waals surface area (Å²) in [6.45, 7) is 4.42. The Morgan fingerprint density at radius 1 is 0.950 bits per heavy atom. The minimum absolute atomic E-state index is 0.00555. The third-order valence-electron chi connectivity index (χ3n) is 2.45. The van der Waals surface area contributed by atoms with E-state index in [0.29, 0.717) is 12.4 Å². The van der Waals surface area contributed by atoms with Gasteiger partial charge in [-0.2, -0.15) is 0 Å². The molecule has 0 saturated carbocycles. The summed E-state index contributed by atoms with van der Waals surface area (Å²) in [6.07, 6.45) is -2.44. The van der Waals surface area contributed by atoms with Crippen LogP contribution in [0.15, 0.2) is 53.0 Å². The smallest absolute Gasteiger partial charge is 0.263 e. The molecule has 20 heavy (non-hydrogen) atoms. The van der Waals surface area contributed by atoms with Crippen LogP contribution in [0.3, 0.4) is 0 Å². The molecular weight excluding hydrogens is 326 g/mol. The van der Waals surface area contributed by atoms with E-state index in [0.717, 1.165) is 10.0 Å². The molecule has 2 aromatic rings. The number of ether oxygens (including phenoxy) is 1. The molecule has 0 atom stereocenters. The lowest BCUT2D eigenvalue weighted by molar-refractivity contribution is 0.151. The molecule has 0 fully saturated rings. The molecule has 0 spiro atoms. The van der Waals surface area contributed by atoms with Gasteiger partial charge in [-0.05, 0) is 42.0 Å². The van der Waals surface area contributed by atoms with Crippen LogP contribution in [0.25, 0.3) is 0 Å². The van der Waals surface area contributed by atoms with Crippen LogP contribution in [-0.2, 0) is 6.61 Å². The number of hydrogen-bond acceptors (Lipinski definition) is 1. The van der Waals surface area contributed by atoms with Gasteiger partial charge in [-0.15, -0.1) is 0 Å². The highest BCUT2D eigenvalue weighted by Gasteiger charge is 2.06. The van der Waals surface area contributed by atoms with Gasteiger partial charge in [0.05, 0.1) is 0 Å². The summed E-state index contributed by atoms with van der Waals surface area (Å²) in [7, 11) is 0. The Morgan fingerprint density at radius 2 is 1.50 bits per heavy atom. The summed E-state index contributed by atoms with van der Waals surface area (Å²) in [4.78, 5) is 0. The largest absolute Gasteiger partial charge is 0.489 e. The molecule has 2 rings (SSSR count). The zero-order valence-electron chi connectivity index (χ0n) is 11.4. The topological polar surface area (TPSA) is 9.23 Å². The minimum atomic E-state index is -2.44. The van der Waals surface area contributed by atoms with Crippen LogP contribution in [0.2, 0.25) is 0 Å². The van der Waals surface area contributed by atoms with Crippen LogP contribution >= 0.6 is 15.9 Å². The molecule has 0 aliphatic carbocycles. The Kier molecular flexibility index (Phi) is 7.23. The quantitative estimate of drug-likeness (QED) is 0.662. The number of halogens is 3. The second kappa shape index (κ2) is 8.69. The molecule has 0 amide bonds. The Hall–Kier alpha value is -1.42. The predicted molar refractivity (Wildman–Crippen MR) is 81.2 cm³/mol. The van der Waals surface area contributed by atoms with E-state index in [9.17, 15) is 8.78 Å². The van der Waals surface area contributed by atoms with E-state index in [1.54, 1.807) is 12.1 Å². The minimum Gasteiger partial charge on any atom is -0.489 e. The average Bonchev–Trinajstić information content (AvgIpc) is 2.49. The maximum absolute atomic E-state index is 12.3. The number of rotatable bonds is 4. The van der Waals surface area contributed by atoms with Crippen LogP contribution in [0.1, 0.15) is 31.4 Å². The first-order chi connectivity index (χ1) is 9.65. The molecule has 0 aliphatic heterocycles. The molecule has 0 unspecified atom stereocenters. The molecule has 0 aromatic heterocycles. The molecule has 0 N–H and O–H groups in total. The molecule has 0 saturated heterocycles. The summed E-state index contributed by atoms with van der Waals surface area (Å²) >= 11 is 3.35. The van der Waals surface area contributed by atoms with Gasteiger partial charge in [-0.25, -0.2) is 8.78 Å². The Balaban J connectivity index is 0.000000956. The summed E-state index contributed by atoms with van der Waals surface area (Å²) in [5, 5.41) is 0. The first-order valence-corrected chi connectivity index (χ1v) is 7.20. The van der Waals surface area contributed by atoms with Gasteiger partial charge in [-0.3, -0.25) is 0 Å². The number of hydrogen-bond donors (Lipinski definition) is 0. The maximum Gasteiger partial charge on any atom is 0.263 e. The van der Waals surface area contributed by atoms with Crippen LogP contribution in [0.4, 0.5) is 8.78 Å². The lowest BCUT2D eigenvalue weighted by Crippen LogP contribution is -1.95. The van der Waals surface area contributed by atoms with Crippen molar-refractivity contribution >= 4 is 15.9 Å². The van der Waals surface area contributed by atoms with Crippen LogP contribution < -0.4 is 4.74 Å². The van der Waals surface area contributed by atoms with E-state index in [2.05, 4.69) is 15.9 Å². The molecule has 0 aliphatic rings. The first-order valence-electron chi connectivity index (χ1n) is 6.40. The highest BCUT2D eigenvalue weighted by molar-refractivity contribution is 9.10. The van der Waals surface area contributed by atoms with Crippen molar-refractivity contribution in [2.45, 2.75) is 26.9 Å². The van der Waals surface area contributed by atoms with Crippen molar-refractivity contribution in [3.8, 4) is 5.75 Å². The Bertz CT molecular complexity index is 495. The van der Waals surface area contributed by atoms with Crippen molar-refractivity contribution < 1.29 is 13.5 Å². The van der Waals surface area contributed by atoms with E-state index in [1.807, 2.05) is 38.1 Å². The second-order valence-electron chi connectivity index (χ2n) is 3.78. The monoisotopic (exact) mass is 342 g/mol. The van der Waals surface area contributed by atoms with E-state index in [-0.39, 0.29) is 5.56 Å². The number of benzene rings is 2. The van der Waals surface area contributed by atoms with Crippen LogP contribution in [0.5, 0.6) is 5.75 Å². The summed E-state index contributed by atoms with van der Waals surface area (Å²) < 4.78 is 31.2. The number of alkyl halides is 2. The molecule has 0 heterocycles. The standard InChI is InChI=1S/C14H11BrF2O.C2H6/c15-12-5-1-10(2-6-12)9-18-13-7-3-11(4-8-13)14(16)17;1-2/h1-8,14H,9H2;1-2H3. The lowest BCUT2D eigenvalue weighted by Gasteiger charge is -2.07. The van der Waals surface area contributed by atoms with Gasteiger partial charge in [0, 0.05) is 10.0 Å². The fourth-order valence-corrected chi connectivity index (χ4v) is 1.72. The van der Waals surface area contributed by atoms with Gasteiger partial charge in [0.25, 0.3) is 6.43 Å². The van der Waals surface area contributed by atoms with E-state index in [1.165, 1.54) is 12.1 Å². The van der Waals surface area contributed by atoms with Gasteiger partial charge in [0.15, 0.2) is 0 Å². The molecule has 108 valence electrons. The summed E-state index contributed by atoms with van der Waals surface area (Å²) in [6, 6.07) is 13.6. The second-order valence-corrected chi connectivity index (χ2v) is 4.70. The zero-order chi connectivity index (χ0) is 15.0. The Morgan fingerprint density at radius 3 is 2.00 bits per heavy atom. The molecule has 1 nitrogen and oxygen atoms in total. The third kappa shape index (κ3) is 5.29. The first kappa shape index (κ1) is 16.6. The highest BCUT2D eigenvalue weighted by atomic mass is 79.9. The SMILES string of the molecule is CC.FC(F)c1ccc(OCc2ccc(Br)cc2)cc1. The van der Waals surface area contributed by atoms with Crippen LogP contribution in [-0.4, -0.2) is 0 Å². The van der Waals surface area contributed by atoms with E-state index >= 15 is 0 Å². The maximum atomic E-state index is 12.3. The highest BCUT2D eigenvalue weighted by Crippen LogP contribution is 2.22. The van der Waals surface area contributed by atoms with Gasteiger partial charge in [0.1, 0.15) is 12.4 Å². The van der Waals surface area contributed by atoms with Crippen molar-refractivity contribution in [3.05, 3.63) is 64.1 Å². The normalized spacial score (nSPS) is 9.90. The van der Waals surface area contributed by atoms with Crippen molar-refractivity contribution in [1.29, 1.82) is 0 Å². The van der Waals surface area contributed by atoms with Crippen molar-refractivity contribution in [2.75, 3.05) is 0 Å².